The molecule has 1 aromatic rings. The molecule has 0 amide bonds. The predicted molar refractivity (Wildman–Crippen MR) is 75.2 cm³/mol. The largest absolute Gasteiger partial charge is 0.462 e. The number of carbonyl (C=O) groups is 1. The summed E-state index contributed by atoms with van der Waals surface area (Å²) in [6, 6.07) is -0.674. The molecule has 114 valence electrons. The van der Waals surface area contributed by atoms with Crippen molar-refractivity contribution in [2.45, 2.75) is 12.5 Å². The summed E-state index contributed by atoms with van der Waals surface area (Å²) in [5, 5.41) is 0. The SMILES string of the molecule is CN(C)CCOCCOC(=O)C(N)Cc1cncn1C. The molecule has 0 aliphatic heterocycles. The van der Waals surface area contributed by atoms with E-state index < -0.39 is 12.0 Å². The smallest absolute Gasteiger partial charge is 0.323 e. The lowest BCUT2D eigenvalue weighted by atomic mass is 10.2. The van der Waals surface area contributed by atoms with Crippen LogP contribution in [0.2, 0.25) is 0 Å². The van der Waals surface area contributed by atoms with E-state index >= 15 is 0 Å². The molecular weight excluding hydrogens is 260 g/mol. The first kappa shape index (κ1) is 16.6. The summed E-state index contributed by atoms with van der Waals surface area (Å²) in [4.78, 5) is 17.7. The average Bonchev–Trinajstić information content (AvgIpc) is 2.78. The van der Waals surface area contributed by atoms with Crippen molar-refractivity contribution in [3.8, 4) is 0 Å². The number of nitrogens with zero attached hydrogens (tertiary/aromatic N) is 3. The number of likely N-dealkylation sites (N-methyl/N-ethyl adjacent to an activating group) is 1. The monoisotopic (exact) mass is 284 g/mol. The average molecular weight is 284 g/mol. The number of hydrogen-bond donors (Lipinski definition) is 1. The molecule has 7 heteroatoms. The van der Waals surface area contributed by atoms with Crippen molar-refractivity contribution in [1.82, 2.24) is 14.5 Å². The normalized spacial score (nSPS) is 12.7. The number of ether oxygens (including phenoxy) is 2. The minimum absolute atomic E-state index is 0.228. The summed E-state index contributed by atoms with van der Waals surface area (Å²) < 4.78 is 12.2. The molecule has 20 heavy (non-hydrogen) atoms. The van der Waals surface area contributed by atoms with Crippen molar-refractivity contribution in [1.29, 1.82) is 0 Å². The van der Waals surface area contributed by atoms with E-state index in [1.807, 2.05) is 30.6 Å². The van der Waals surface area contributed by atoms with Gasteiger partial charge >= 0.3 is 5.97 Å². The Morgan fingerprint density at radius 1 is 1.45 bits per heavy atom. The Morgan fingerprint density at radius 3 is 2.80 bits per heavy atom. The first-order valence-electron chi connectivity index (χ1n) is 6.60. The molecule has 0 saturated carbocycles. The predicted octanol–water partition coefficient (Wildman–Crippen LogP) is -0.589. The van der Waals surface area contributed by atoms with Gasteiger partial charge in [-0.2, -0.15) is 0 Å². The van der Waals surface area contributed by atoms with E-state index in [1.54, 1.807) is 12.5 Å². The van der Waals surface area contributed by atoms with Crippen LogP contribution in [0, 0.1) is 0 Å². The summed E-state index contributed by atoms with van der Waals surface area (Å²) in [7, 11) is 5.81. The van der Waals surface area contributed by atoms with E-state index in [2.05, 4.69) is 4.98 Å². The second-order valence-corrected chi connectivity index (χ2v) is 4.89. The molecule has 1 heterocycles. The van der Waals surface area contributed by atoms with Gasteiger partial charge in [0.2, 0.25) is 0 Å². The number of aromatic nitrogens is 2. The highest BCUT2D eigenvalue weighted by Crippen LogP contribution is 2.01. The van der Waals surface area contributed by atoms with Crippen LogP contribution in [-0.4, -0.2) is 66.9 Å². The van der Waals surface area contributed by atoms with Crippen LogP contribution in [-0.2, 0) is 27.7 Å². The third-order valence-electron chi connectivity index (χ3n) is 2.80. The molecule has 0 aliphatic rings. The Hall–Kier alpha value is -1.44. The molecule has 0 aliphatic carbocycles. The number of hydrogen-bond acceptors (Lipinski definition) is 6. The fraction of sp³-hybridized carbons (Fsp3) is 0.692. The van der Waals surface area contributed by atoms with Crippen LogP contribution in [0.25, 0.3) is 0 Å². The fourth-order valence-electron chi connectivity index (χ4n) is 1.55. The van der Waals surface area contributed by atoms with Crippen molar-refractivity contribution in [2.24, 2.45) is 12.8 Å². The van der Waals surface area contributed by atoms with E-state index in [1.165, 1.54) is 0 Å². The van der Waals surface area contributed by atoms with Gasteiger partial charge in [0.05, 0.1) is 19.5 Å². The van der Waals surface area contributed by atoms with Crippen LogP contribution < -0.4 is 5.73 Å². The second kappa shape index (κ2) is 8.68. The summed E-state index contributed by atoms with van der Waals surface area (Å²) in [5.74, 6) is -0.414. The summed E-state index contributed by atoms with van der Waals surface area (Å²) in [5.41, 5.74) is 6.69. The lowest BCUT2D eigenvalue weighted by Gasteiger charge is -2.12. The van der Waals surface area contributed by atoms with Gasteiger partial charge in [0.15, 0.2) is 0 Å². The van der Waals surface area contributed by atoms with Crippen molar-refractivity contribution in [2.75, 3.05) is 40.5 Å². The van der Waals surface area contributed by atoms with Gasteiger partial charge in [-0.05, 0) is 14.1 Å². The van der Waals surface area contributed by atoms with Gasteiger partial charge in [-0.1, -0.05) is 0 Å². The maximum atomic E-state index is 11.7. The summed E-state index contributed by atoms with van der Waals surface area (Å²) in [6.07, 6.45) is 3.78. The van der Waals surface area contributed by atoms with Crippen molar-refractivity contribution >= 4 is 5.97 Å². The fourth-order valence-corrected chi connectivity index (χ4v) is 1.55. The number of imidazole rings is 1. The Morgan fingerprint density at radius 2 is 2.20 bits per heavy atom. The van der Waals surface area contributed by atoms with Gasteiger partial charge in [-0.15, -0.1) is 0 Å². The topological polar surface area (TPSA) is 82.6 Å². The molecule has 1 unspecified atom stereocenters. The van der Waals surface area contributed by atoms with Crippen molar-refractivity contribution < 1.29 is 14.3 Å². The highest BCUT2D eigenvalue weighted by Gasteiger charge is 2.17. The van der Waals surface area contributed by atoms with E-state index in [4.69, 9.17) is 15.2 Å². The number of nitrogens with two attached hydrogens (primary N) is 1. The van der Waals surface area contributed by atoms with E-state index in [-0.39, 0.29) is 6.61 Å². The van der Waals surface area contributed by atoms with E-state index in [0.29, 0.717) is 19.6 Å². The molecule has 0 spiro atoms. The number of esters is 1. The first-order chi connectivity index (χ1) is 9.50. The Balaban J connectivity index is 2.14. The third-order valence-corrected chi connectivity index (χ3v) is 2.80. The summed E-state index contributed by atoms with van der Waals surface area (Å²) >= 11 is 0. The van der Waals surface area contributed by atoms with Crippen LogP contribution in [0.5, 0.6) is 0 Å². The van der Waals surface area contributed by atoms with Gasteiger partial charge in [0, 0.05) is 31.9 Å². The Labute approximate surface area is 119 Å². The Kier molecular flexibility index (Phi) is 7.21. The van der Waals surface area contributed by atoms with Crippen LogP contribution in [0.15, 0.2) is 12.5 Å². The maximum Gasteiger partial charge on any atom is 0.323 e. The zero-order valence-corrected chi connectivity index (χ0v) is 12.4. The van der Waals surface area contributed by atoms with Crippen LogP contribution in [0.1, 0.15) is 5.69 Å². The van der Waals surface area contributed by atoms with Crippen molar-refractivity contribution in [3.63, 3.8) is 0 Å². The minimum Gasteiger partial charge on any atom is -0.462 e. The van der Waals surface area contributed by atoms with Gasteiger partial charge in [0.1, 0.15) is 12.6 Å². The van der Waals surface area contributed by atoms with Crippen LogP contribution in [0.4, 0.5) is 0 Å². The van der Waals surface area contributed by atoms with E-state index in [9.17, 15) is 4.79 Å². The molecule has 7 nitrogen and oxygen atoms in total. The maximum absolute atomic E-state index is 11.7. The standard InChI is InChI=1S/C13H24N4O3/c1-16(2)4-5-19-6-7-20-13(18)12(14)8-11-9-15-10-17(11)3/h9-10,12H,4-8,14H2,1-3H3. The highest BCUT2D eigenvalue weighted by molar-refractivity contribution is 5.75. The second-order valence-electron chi connectivity index (χ2n) is 4.89. The van der Waals surface area contributed by atoms with Gasteiger partial charge in [-0.25, -0.2) is 4.98 Å². The molecule has 2 N–H and O–H groups in total. The minimum atomic E-state index is -0.674. The molecule has 0 fully saturated rings. The number of rotatable bonds is 9. The van der Waals surface area contributed by atoms with Crippen molar-refractivity contribution in [3.05, 3.63) is 18.2 Å². The zero-order valence-electron chi connectivity index (χ0n) is 12.4. The first-order valence-corrected chi connectivity index (χ1v) is 6.60. The molecule has 0 radical (unpaired) electrons. The lowest BCUT2D eigenvalue weighted by molar-refractivity contribution is -0.146. The number of aryl methyl sites for hydroxylation is 1. The Bertz CT molecular complexity index is 406. The summed E-state index contributed by atoms with van der Waals surface area (Å²) in [6.45, 7) is 2.07. The van der Waals surface area contributed by atoms with Gasteiger partial charge in [-0.3, -0.25) is 4.79 Å². The molecule has 1 rings (SSSR count). The van der Waals surface area contributed by atoms with Gasteiger partial charge < -0.3 is 24.7 Å². The zero-order chi connectivity index (χ0) is 15.0. The van der Waals surface area contributed by atoms with E-state index in [0.717, 1.165) is 12.2 Å². The van der Waals surface area contributed by atoms with Gasteiger partial charge in [0.25, 0.3) is 0 Å². The van der Waals surface area contributed by atoms with Crippen LogP contribution >= 0.6 is 0 Å². The molecule has 0 aromatic carbocycles. The molecule has 1 atom stereocenters. The molecule has 0 bridgehead atoms. The molecule has 1 aromatic heterocycles. The molecular formula is C13H24N4O3. The third kappa shape index (κ3) is 6.14. The highest BCUT2D eigenvalue weighted by atomic mass is 16.6. The molecule has 0 saturated heterocycles. The van der Waals surface area contributed by atoms with Crippen LogP contribution in [0.3, 0.4) is 0 Å². The quantitative estimate of drug-likeness (QED) is 0.482. The lowest BCUT2D eigenvalue weighted by Crippen LogP contribution is -2.35. The number of carbonyl (C=O) groups excluding carboxylic acids is 1.